The molecule has 0 aromatic heterocycles. The fourth-order valence-corrected chi connectivity index (χ4v) is 1.67. The predicted octanol–water partition coefficient (Wildman–Crippen LogP) is 0.793. The van der Waals surface area contributed by atoms with Crippen LogP contribution in [0.25, 0.3) is 0 Å². The van der Waals surface area contributed by atoms with Gasteiger partial charge in [0, 0.05) is 31.1 Å². The molecule has 0 spiro atoms. The van der Waals surface area contributed by atoms with Gasteiger partial charge in [-0.3, -0.25) is 4.79 Å². The first kappa shape index (κ1) is 15.2. The summed E-state index contributed by atoms with van der Waals surface area (Å²) in [6, 6.07) is 5.39. The Morgan fingerprint density at radius 3 is 2.68 bits per heavy atom. The maximum atomic E-state index is 12.2. The number of likely N-dealkylation sites (N-methyl/N-ethyl adjacent to an activating group) is 1. The molecular formula is C15H19NO3. The van der Waals surface area contributed by atoms with E-state index < -0.39 is 0 Å². The highest BCUT2D eigenvalue weighted by atomic mass is 16.3. The third-order valence-electron chi connectivity index (χ3n) is 2.81. The van der Waals surface area contributed by atoms with Crippen LogP contribution in [0.15, 0.2) is 18.2 Å². The van der Waals surface area contributed by atoms with Crippen molar-refractivity contribution in [3.05, 3.63) is 34.9 Å². The number of aliphatic hydroxyl groups excluding tert-OH is 2. The zero-order valence-electron chi connectivity index (χ0n) is 11.3. The molecule has 0 aliphatic carbocycles. The minimum Gasteiger partial charge on any atom is -0.395 e. The van der Waals surface area contributed by atoms with E-state index in [1.807, 2.05) is 13.0 Å². The molecule has 0 fully saturated rings. The number of carbonyl (C=O) groups excluding carboxylic acids is 1. The van der Waals surface area contributed by atoms with Crippen molar-refractivity contribution in [1.29, 1.82) is 0 Å². The van der Waals surface area contributed by atoms with Crippen LogP contribution in [0.3, 0.4) is 0 Å². The lowest BCUT2D eigenvalue weighted by molar-refractivity contribution is 0.0766. The number of nitrogens with zero attached hydrogens (tertiary/aromatic N) is 1. The summed E-state index contributed by atoms with van der Waals surface area (Å²) in [6.07, 6.45) is 0.419. The van der Waals surface area contributed by atoms with Crippen LogP contribution in [0.1, 0.15) is 27.9 Å². The van der Waals surface area contributed by atoms with Crippen molar-refractivity contribution < 1.29 is 15.0 Å². The quantitative estimate of drug-likeness (QED) is 0.788. The largest absolute Gasteiger partial charge is 0.395 e. The molecule has 0 saturated heterocycles. The molecule has 0 radical (unpaired) electrons. The molecule has 102 valence electrons. The maximum Gasteiger partial charge on any atom is 0.253 e. The number of aliphatic hydroxyl groups is 2. The average molecular weight is 261 g/mol. The normalized spacial score (nSPS) is 9.68. The number of rotatable bonds is 4. The lowest BCUT2D eigenvalue weighted by atomic mass is 10.0. The molecule has 1 rings (SSSR count). The molecule has 2 N–H and O–H groups in total. The van der Waals surface area contributed by atoms with Gasteiger partial charge in [-0.05, 0) is 24.6 Å². The smallest absolute Gasteiger partial charge is 0.253 e. The Morgan fingerprint density at radius 1 is 1.32 bits per heavy atom. The van der Waals surface area contributed by atoms with Crippen LogP contribution in [0.4, 0.5) is 0 Å². The Balaban J connectivity index is 3.01. The van der Waals surface area contributed by atoms with Crippen LogP contribution in [0.5, 0.6) is 0 Å². The minimum absolute atomic E-state index is 0.0317. The number of carbonyl (C=O) groups is 1. The molecule has 0 aliphatic rings. The predicted molar refractivity (Wildman–Crippen MR) is 73.8 cm³/mol. The zero-order chi connectivity index (χ0) is 14.3. The summed E-state index contributed by atoms with van der Waals surface area (Å²) in [6.45, 7) is 2.13. The fraction of sp³-hybridized carbons (Fsp3) is 0.400. The fourth-order valence-electron chi connectivity index (χ4n) is 1.67. The van der Waals surface area contributed by atoms with E-state index in [0.29, 0.717) is 18.5 Å². The van der Waals surface area contributed by atoms with Gasteiger partial charge in [0.15, 0.2) is 0 Å². The van der Waals surface area contributed by atoms with E-state index >= 15 is 0 Å². The molecule has 4 heteroatoms. The molecule has 1 aromatic carbocycles. The van der Waals surface area contributed by atoms with Gasteiger partial charge >= 0.3 is 0 Å². The van der Waals surface area contributed by atoms with E-state index in [4.69, 9.17) is 10.2 Å². The summed E-state index contributed by atoms with van der Waals surface area (Å²) in [7, 11) is 1.65. The van der Waals surface area contributed by atoms with Crippen molar-refractivity contribution in [2.24, 2.45) is 0 Å². The van der Waals surface area contributed by atoms with Crippen molar-refractivity contribution in [1.82, 2.24) is 4.90 Å². The first-order chi connectivity index (χ1) is 9.11. The third-order valence-corrected chi connectivity index (χ3v) is 2.81. The van der Waals surface area contributed by atoms with E-state index in [2.05, 4.69) is 11.8 Å². The minimum atomic E-state index is -0.127. The van der Waals surface area contributed by atoms with Crippen LogP contribution in [0.2, 0.25) is 0 Å². The second-order valence-corrected chi connectivity index (χ2v) is 4.20. The molecule has 0 saturated carbocycles. The molecule has 1 aromatic rings. The first-order valence-electron chi connectivity index (χ1n) is 6.17. The Kier molecular flexibility index (Phi) is 6.07. The summed E-state index contributed by atoms with van der Waals surface area (Å²) in [4.78, 5) is 13.6. The van der Waals surface area contributed by atoms with Gasteiger partial charge in [0.2, 0.25) is 0 Å². The van der Waals surface area contributed by atoms with E-state index in [-0.39, 0.29) is 19.1 Å². The zero-order valence-corrected chi connectivity index (χ0v) is 11.3. The van der Waals surface area contributed by atoms with Crippen LogP contribution >= 0.6 is 0 Å². The molecule has 0 atom stereocenters. The number of benzene rings is 1. The Hall–Kier alpha value is -1.83. The van der Waals surface area contributed by atoms with Crippen LogP contribution in [0, 0.1) is 18.8 Å². The van der Waals surface area contributed by atoms with Gasteiger partial charge in [-0.25, -0.2) is 0 Å². The van der Waals surface area contributed by atoms with Gasteiger partial charge in [-0.1, -0.05) is 17.9 Å². The van der Waals surface area contributed by atoms with Gasteiger partial charge in [0.1, 0.15) is 0 Å². The Morgan fingerprint density at radius 2 is 2.05 bits per heavy atom. The highest BCUT2D eigenvalue weighted by Gasteiger charge is 2.14. The molecule has 19 heavy (non-hydrogen) atoms. The third kappa shape index (κ3) is 4.09. The number of amides is 1. The van der Waals surface area contributed by atoms with E-state index in [9.17, 15) is 4.79 Å². The lowest BCUT2D eigenvalue weighted by Crippen LogP contribution is -2.30. The molecule has 1 amide bonds. The van der Waals surface area contributed by atoms with Gasteiger partial charge in [-0.2, -0.15) is 0 Å². The SMILES string of the molecule is Cc1c(C#CCCO)cccc1C(=O)N(C)CCO. The molecule has 4 nitrogen and oxygen atoms in total. The summed E-state index contributed by atoms with van der Waals surface area (Å²) in [5.74, 6) is 5.67. The van der Waals surface area contributed by atoms with Gasteiger partial charge in [0.25, 0.3) is 5.91 Å². The Bertz CT molecular complexity index is 500. The average Bonchev–Trinajstić information content (AvgIpc) is 2.40. The molecule has 0 unspecified atom stereocenters. The molecule has 0 heterocycles. The van der Waals surface area contributed by atoms with E-state index in [0.717, 1.165) is 11.1 Å². The summed E-state index contributed by atoms with van der Waals surface area (Å²) >= 11 is 0. The van der Waals surface area contributed by atoms with Crippen molar-refractivity contribution >= 4 is 5.91 Å². The van der Waals surface area contributed by atoms with E-state index in [1.54, 1.807) is 19.2 Å². The maximum absolute atomic E-state index is 12.2. The summed E-state index contributed by atoms with van der Waals surface area (Å²) in [5, 5.41) is 17.6. The lowest BCUT2D eigenvalue weighted by Gasteiger charge is -2.17. The topological polar surface area (TPSA) is 60.8 Å². The molecule has 0 aliphatic heterocycles. The monoisotopic (exact) mass is 261 g/mol. The van der Waals surface area contributed by atoms with Gasteiger partial charge in [0.05, 0.1) is 13.2 Å². The Labute approximate surface area is 113 Å². The van der Waals surface area contributed by atoms with Crippen LogP contribution in [-0.4, -0.2) is 47.8 Å². The van der Waals surface area contributed by atoms with Crippen molar-refractivity contribution in [3.8, 4) is 11.8 Å². The van der Waals surface area contributed by atoms with E-state index in [1.165, 1.54) is 4.90 Å². The van der Waals surface area contributed by atoms with Crippen molar-refractivity contribution in [2.75, 3.05) is 26.8 Å². The van der Waals surface area contributed by atoms with Crippen LogP contribution < -0.4 is 0 Å². The van der Waals surface area contributed by atoms with Crippen molar-refractivity contribution in [3.63, 3.8) is 0 Å². The second-order valence-electron chi connectivity index (χ2n) is 4.20. The first-order valence-corrected chi connectivity index (χ1v) is 6.17. The standard InChI is InChI=1S/C15H19NO3/c1-12-13(6-3-4-10-17)7-5-8-14(12)15(19)16(2)9-11-18/h5,7-8,17-18H,4,9-11H2,1-2H3. The summed E-state index contributed by atoms with van der Waals surface area (Å²) < 4.78 is 0. The highest BCUT2D eigenvalue weighted by molar-refractivity contribution is 5.96. The van der Waals surface area contributed by atoms with Crippen molar-refractivity contribution in [2.45, 2.75) is 13.3 Å². The summed E-state index contributed by atoms with van der Waals surface area (Å²) in [5.41, 5.74) is 2.20. The van der Waals surface area contributed by atoms with Gasteiger partial charge < -0.3 is 15.1 Å². The second kappa shape index (κ2) is 7.57. The molecule has 0 bridgehead atoms. The number of hydrogen-bond donors (Lipinski definition) is 2. The van der Waals surface area contributed by atoms with Gasteiger partial charge in [-0.15, -0.1) is 0 Å². The number of hydrogen-bond acceptors (Lipinski definition) is 3. The highest BCUT2D eigenvalue weighted by Crippen LogP contribution is 2.14. The molecular weight excluding hydrogens is 242 g/mol. The van der Waals surface area contributed by atoms with Crippen LogP contribution in [-0.2, 0) is 0 Å².